The predicted octanol–water partition coefficient (Wildman–Crippen LogP) is 1.84. The molecule has 3 N–H and O–H groups in total. The van der Waals surface area contributed by atoms with Gasteiger partial charge < -0.3 is 20.5 Å². The molecule has 2 rings (SSSR count). The van der Waals surface area contributed by atoms with Gasteiger partial charge in [-0.1, -0.05) is 0 Å². The fourth-order valence-corrected chi connectivity index (χ4v) is 2.26. The van der Waals surface area contributed by atoms with E-state index in [1.165, 1.54) is 11.3 Å². The van der Waals surface area contributed by atoms with Crippen molar-refractivity contribution in [1.29, 1.82) is 0 Å². The number of benzene rings is 1. The Hall–Kier alpha value is -1.83. The lowest BCUT2D eigenvalue weighted by atomic mass is 10.3. The van der Waals surface area contributed by atoms with Gasteiger partial charge in [0.25, 0.3) is 5.91 Å². The summed E-state index contributed by atoms with van der Waals surface area (Å²) in [6.07, 6.45) is 0. The van der Waals surface area contributed by atoms with Crippen molar-refractivity contribution in [3.63, 3.8) is 0 Å². The van der Waals surface area contributed by atoms with Crippen LogP contribution < -0.4 is 20.5 Å². The fraction of sp³-hybridized carbons (Fsp3) is 0.286. The molecule has 0 fully saturated rings. The maximum absolute atomic E-state index is 11.8. The zero-order valence-electron chi connectivity index (χ0n) is 12.1. The highest BCUT2D eigenvalue weighted by atomic mass is 35.5. The number of carbonyl (C=O) groups excluding carboxylic acids is 1. The van der Waals surface area contributed by atoms with E-state index in [1.807, 2.05) is 24.3 Å². The Morgan fingerprint density at radius 2 is 2.00 bits per heavy atom. The number of hydrogen-bond donors (Lipinski definition) is 2. The van der Waals surface area contributed by atoms with Gasteiger partial charge in [0.1, 0.15) is 28.8 Å². The normalized spacial score (nSPS) is 9.73. The first-order valence-electron chi connectivity index (χ1n) is 6.42. The zero-order chi connectivity index (χ0) is 15.1. The number of nitrogens with two attached hydrogens (primary N) is 1. The van der Waals surface area contributed by atoms with Crippen LogP contribution in [-0.2, 0) is 6.54 Å². The van der Waals surface area contributed by atoms with E-state index >= 15 is 0 Å². The predicted molar refractivity (Wildman–Crippen MR) is 88.1 cm³/mol. The Bertz CT molecular complexity index is 589. The summed E-state index contributed by atoms with van der Waals surface area (Å²) in [5, 5.41) is 5.19. The number of methoxy groups -OCH3 is 1. The minimum Gasteiger partial charge on any atom is -0.497 e. The van der Waals surface area contributed by atoms with Gasteiger partial charge in [0, 0.05) is 11.9 Å². The van der Waals surface area contributed by atoms with E-state index in [9.17, 15) is 4.79 Å². The molecule has 0 atom stereocenters. The monoisotopic (exact) mass is 343 g/mol. The number of nitrogens with zero attached hydrogens (tertiary/aromatic N) is 1. The molecule has 120 valence electrons. The second kappa shape index (κ2) is 9.24. The first-order chi connectivity index (χ1) is 10.2. The van der Waals surface area contributed by atoms with Crippen LogP contribution in [0.5, 0.6) is 11.5 Å². The summed E-state index contributed by atoms with van der Waals surface area (Å²) in [6.45, 7) is 1.13. The molecule has 0 spiro atoms. The van der Waals surface area contributed by atoms with E-state index < -0.39 is 0 Å². The van der Waals surface area contributed by atoms with Gasteiger partial charge >= 0.3 is 0 Å². The molecule has 0 aliphatic rings. The third-order valence-electron chi connectivity index (χ3n) is 2.67. The van der Waals surface area contributed by atoms with Gasteiger partial charge in [-0.05, 0) is 24.3 Å². The van der Waals surface area contributed by atoms with Gasteiger partial charge in [-0.25, -0.2) is 4.98 Å². The molecule has 8 heteroatoms. The molecule has 0 aliphatic heterocycles. The SMILES string of the molecule is COc1ccc(OCCNC(=O)c2csc(CN)n2)cc1.Cl. The van der Waals surface area contributed by atoms with E-state index in [1.54, 1.807) is 12.5 Å². The Morgan fingerprint density at radius 3 is 2.59 bits per heavy atom. The molecule has 0 bridgehead atoms. The van der Waals surface area contributed by atoms with Crippen LogP contribution in [0.15, 0.2) is 29.6 Å². The van der Waals surface area contributed by atoms with Crippen molar-refractivity contribution in [2.75, 3.05) is 20.3 Å². The van der Waals surface area contributed by atoms with Crippen molar-refractivity contribution in [2.24, 2.45) is 5.73 Å². The van der Waals surface area contributed by atoms with Crippen molar-refractivity contribution in [1.82, 2.24) is 10.3 Å². The van der Waals surface area contributed by atoms with Crippen LogP contribution in [-0.4, -0.2) is 31.2 Å². The van der Waals surface area contributed by atoms with E-state index in [-0.39, 0.29) is 18.3 Å². The average molecular weight is 344 g/mol. The Kier molecular flexibility index (Phi) is 7.65. The lowest BCUT2D eigenvalue weighted by Crippen LogP contribution is -2.28. The molecule has 6 nitrogen and oxygen atoms in total. The molecule has 1 amide bonds. The average Bonchev–Trinajstić information content (AvgIpc) is 3.01. The number of carbonyl (C=O) groups is 1. The second-order valence-electron chi connectivity index (χ2n) is 4.11. The van der Waals surface area contributed by atoms with Crippen molar-refractivity contribution in [2.45, 2.75) is 6.54 Å². The molecule has 0 saturated carbocycles. The van der Waals surface area contributed by atoms with Crippen LogP contribution in [0, 0.1) is 0 Å². The molecule has 0 aliphatic carbocycles. The highest BCUT2D eigenvalue weighted by Crippen LogP contribution is 2.16. The Labute approximate surface area is 139 Å². The van der Waals surface area contributed by atoms with Crippen LogP contribution in [0.1, 0.15) is 15.5 Å². The molecule has 2 aromatic rings. The lowest BCUT2D eigenvalue weighted by Gasteiger charge is -2.07. The van der Waals surface area contributed by atoms with Crippen LogP contribution in [0.25, 0.3) is 0 Å². The summed E-state index contributed by atoms with van der Waals surface area (Å²) >= 11 is 1.38. The molecule has 1 aromatic heterocycles. The van der Waals surface area contributed by atoms with E-state index in [2.05, 4.69) is 10.3 Å². The second-order valence-corrected chi connectivity index (χ2v) is 5.05. The molecule has 1 heterocycles. The van der Waals surface area contributed by atoms with E-state index in [0.717, 1.165) is 16.5 Å². The van der Waals surface area contributed by atoms with Crippen molar-refractivity contribution in [3.8, 4) is 11.5 Å². The van der Waals surface area contributed by atoms with Crippen LogP contribution in [0.2, 0.25) is 0 Å². The van der Waals surface area contributed by atoms with Crippen molar-refractivity contribution in [3.05, 3.63) is 40.3 Å². The number of halogens is 1. The maximum atomic E-state index is 11.8. The summed E-state index contributed by atoms with van der Waals surface area (Å²) in [5.41, 5.74) is 5.85. The smallest absolute Gasteiger partial charge is 0.270 e. The number of aromatic nitrogens is 1. The molecular weight excluding hydrogens is 326 g/mol. The summed E-state index contributed by atoms with van der Waals surface area (Å²) in [7, 11) is 1.61. The maximum Gasteiger partial charge on any atom is 0.270 e. The van der Waals surface area contributed by atoms with Crippen LogP contribution >= 0.6 is 23.7 Å². The molecular formula is C14H18ClN3O3S. The summed E-state index contributed by atoms with van der Waals surface area (Å²) in [6, 6.07) is 7.26. The van der Waals surface area contributed by atoms with Crippen LogP contribution in [0.4, 0.5) is 0 Å². The quantitative estimate of drug-likeness (QED) is 0.749. The van der Waals surface area contributed by atoms with E-state index in [0.29, 0.717) is 25.4 Å². The fourth-order valence-electron chi connectivity index (χ4n) is 1.60. The van der Waals surface area contributed by atoms with Gasteiger partial charge in [0.15, 0.2) is 0 Å². The third-order valence-corrected chi connectivity index (χ3v) is 3.55. The topological polar surface area (TPSA) is 86.5 Å². The molecule has 0 saturated heterocycles. The van der Waals surface area contributed by atoms with Gasteiger partial charge in [0.05, 0.1) is 13.7 Å². The first-order valence-corrected chi connectivity index (χ1v) is 7.30. The standard InChI is InChI=1S/C14H17N3O3S.ClH/c1-19-10-2-4-11(5-3-10)20-7-6-16-14(18)12-9-21-13(8-15)17-12;/h2-5,9H,6-8,15H2,1H3,(H,16,18);1H. The van der Waals surface area contributed by atoms with Gasteiger partial charge in [-0.3, -0.25) is 4.79 Å². The summed E-state index contributed by atoms with van der Waals surface area (Å²) in [5.74, 6) is 1.28. The number of ether oxygens (including phenoxy) is 2. The number of rotatable bonds is 7. The molecule has 0 unspecified atom stereocenters. The highest BCUT2D eigenvalue weighted by molar-refractivity contribution is 7.09. The van der Waals surface area contributed by atoms with Crippen molar-refractivity contribution < 1.29 is 14.3 Å². The first kappa shape index (κ1) is 18.2. The largest absolute Gasteiger partial charge is 0.497 e. The van der Waals surface area contributed by atoms with Crippen LogP contribution in [0.3, 0.4) is 0 Å². The number of amides is 1. The number of nitrogens with one attached hydrogen (secondary N) is 1. The lowest BCUT2D eigenvalue weighted by molar-refractivity contribution is 0.0942. The minimum atomic E-state index is -0.218. The zero-order valence-corrected chi connectivity index (χ0v) is 13.7. The Balaban J connectivity index is 0.00000242. The minimum absolute atomic E-state index is 0. The Morgan fingerprint density at radius 1 is 1.32 bits per heavy atom. The molecule has 0 radical (unpaired) electrons. The number of hydrogen-bond acceptors (Lipinski definition) is 6. The van der Waals surface area contributed by atoms with E-state index in [4.69, 9.17) is 15.2 Å². The molecule has 22 heavy (non-hydrogen) atoms. The molecule has 1 aromatic carbocycles. The highest BCUT2D eigenvalue weighted by Gasteiger charge is 2.09. The summed E-state index contributed by atoms with van der Waals surface area (Å²) < 4.78 is 10.6. The van der Waals surface area contributed by atoms with Crippen molar-refractivity contribution >= 4 is 29.7 Å². The van der Waals surface area contributed by atoms with Gasteiger partial charge in [-0.15, -0.1) is 23.7 Å². The van der Waals surface area contributed by atoms with Gasteiger partial charge in [-0.2, -0.15) is 0 Å². The third kappa shape index (κ3) is 5.18. The number of thiazole rings is 1. The van der Waals surface area contributed by atoms with Gasteiger partial charge in [0.2, 0.25) is 0 Å². The summed E-state index contributed by atoms with van der Waals surface area (Å²) in [4.78, 5) is 15.9.